The molecule has 0 unspecified atom stereocenters. The summed E-state index contributed by atoms with van der Waals surface area (Å²) in [6, 6.07) is 8.83. The Balaban J connectivity index is 1.67. The van der Waals surface area contributed by atoms with Gasteiger partial charge in [-0.2, -0.15) is 0 Å². The Bertz CT molecular complexity index is 698. The van der Waals surface area contributed by atoms with E-state index < -0.39 is 24.0 Å². The highest BCUT2D eigenvalue weighted by atomic mass is 16.5. The zero-order valence-corrected chi connectivity index (χ0v) is 13.7. The molecule has 0 saturated carbocycles. The van der Waals surface area contributed by atoms with Crippen molar-refractivity contribution in [3.63, 3.8) is 0 Å². The highest BCUT2D eigenvalue weighted by Crippen LogP contribution is 2.37. The largest absolute Gasteiger partial charge is 0.445 e. The third kappa shape index (κ3) is 3.04. The molecule has 1 fully saturated rings. The van der Waals surface area contributed by atoms with Gasteiger partial charge in [0, 0.05) is 7.05 Å². The Morgan fingerprint density at radius 3 is 2.67 bits per heavy atom. The van der Waals surface area contributed by atoms with Crippen molar-refractivity contribution < 1.29 is 19.1 Å². The van der Waals surface area contributed by atoms with E-state index in [4.69, 9.17) is 4.74 Å². The number of benzene rings is 1. The number of allylic oxidation sites excluding steroid dienone is 1. The minimum Gasteiger partial charge on any atom is -0.445 e. The van der Waals surface area contributed by atoms with Gasteiger partial charge in [0.15, 0.2) is 0 Å². The molecule has 2 aliphatic rings. The van der Waals surface area contributed by atoms with Crippen molar-refractivity contribution in [2.24, 2.45) is 11.8 Å². The second-order valence-electron chi connectivity index (χ2n) is 6.32. The summed E-state index contributed by atoms with van der Waals surface area (Å²) in [5.74, 6) is -1.37. The van der Waals surface area contributed by atoms with Crippen LogP contribution in [0.1, 0.15) is 18.9 Å². The third-order valence-corrected chi connectivity index (χ3v) is 4.59. The van der Waals surface area contributed by atoms with Crippen LogP contribution in [0.4, 0.5) is 4.79 Å². The van der Waals surface area contributed by atoms with Crippen LogP contribution in [0, 0.1) is 11.8 Å². The topological polar surface area (TPSA) is 75.7 Å². The van der Waals surface area contributed by atoms with E-state index in [1.54, 1.807) is 0 Å². The molecular weight excluding hydrogens is 308 g/mol. The van der Waals surface area contributed by atoms with E-state index in [1.807, 2.05) is 43.3 Å². The average Bonchev–Trinajstić information content (AvgIpc) is 2.78. The van der Waals surface area contributed by atoms with E-state index >= 15 is 0 Å². The Kier molecular flexibility index (Phi) is 4.38. The van der Waals surface area contributed by atoms with E-state index in [9.17, 15) is 14.4 Å². The summed E-state index contributed by atoms with van der Waals surface area (Å²) in [5.41, 5.74) is 1.87. The molecule has 3 rings (SSSR count). The maximum Gasteiger partial charge on any atom is 0.407 e. The first-order chi connectivity index (χ1) is 11.5. The minimum absolute atomic E-state index is 0.156. The number of carbonyl (C=O) groups is 3. The summed E-state index contributed by atoms with van der Waals surface area (Å²) in [5, 5.41) is 2.73. The van der Waals surface area contributed by atoms with Gasteiger partial charge in [-0.1, -0.05) is 42.0 Å². The maximum atomic E-state index is 12.3. The number of imide groups is 1. The standard InChI is InChI=1S/C18H20N2O4/c1-11-8-13-15(17(22)20(2)16(13)21)14(9-11)19-18(23)24-10-12-6-4-3-5-7-12/h3-7,9,13-15H,8,10H2,1-2H3,(H,19,23)/t13-,14+,15-/m1/s1. The molecule has 1 saturated heterocycles. The second kappa shape index (κ2) is 6.47. The second-order valence-corrected chi connectivity index (χ2v) is 6.32. The van der Waals surface area contributed by atoms with Crippen molar-refractivity contribution in [3.05, 3.63) is 47.5 Å². The van der Waals surface area contributed by atoms with Crippen LogP contribution in [0.25, 0.3) is 0 Å². The number of alkyl carbamates (subject to hydrolysis) is 1. The summed E-state index contributed by atoms with van der Waals surface area (Å²) in [6.45, 7) is 2.05. The molecule has 0 aromatic heterocycles. The summed E-state index contributed by atoms with van der Waals surface area (Å²) < 4.78 is 5.21. The molecule has 1 N–H and O–H groups in total. The van der Waals surface area contributed by atoms with E-state index in [1.165, 1.54) is 7.05 Å². The first kappa shape index (κ1) is 16.2. The molecule has 3 atom stereocenters. The first-order valence-electron chi connectivity index (χ1n) is 7.93. The summed E-state index contributed by atoms with van der Waals surface area (Å²) >= 11 is 0. The molecular formula is C18H20N2O4. The first-order valence-corrected chi connectivity index (χ1v) is 7.93. The zero-order chi connectivity index (χ0) is 17.3. The highest BCUT2D eigenvalue weighted by molar-refractivity contribution is 6.05. The lowest BCUT2D eigenvalue weighted by atomic mass is 9.78. The number of nitrogens with one attached hydrogen (secondary N) is 1. The summed E-state index contributed by atoms with van der Waals surface area (Å²) in [7, 11) is 1.49. The van der Waals surface area contributed by atoms with Gasteiger partial charge in [-0.05, 0) is 18.9 Å². The number of carbonyl (C=O) groups excluding carboxylic acids is 3. The van der Waals surface area contributed by atoms with Crippen LogP contribution in [0.3, 0.4) is 0 Å². The van der Waals surface area contributed by atoms with E-state index in [0.717, 1.165) is 16.0 Å². The Labute approximate surface area is 140 Å². The van der Waals surface area contributed by atoms with Crippen LogP contribution in [0.15, 0.2) is 42.0 Å². The number of rotatable bonds is 3. The number of nitrogens with zero attached hydrogens (tertiary/aromatic N) is 1. The number of ether oxygens (including phenoxy) is 1. The smallest absolute Gasteiger partial charge is 0.407 e. The summed E-state index contributed by atoms with van der Waals surface area (Å²) in [4.78, 5) is 37.7. The normalized spacial score (nSPS) is 26.0. The van der Waals surface area contributed by atoms with Crippen molar-refractivity contribution >= 4 is 17.9 Å². The van der Waals surface area contributed by atoms with Gasteiger partial charge < -0.3 is 10.1 Å². The van der Waals surface area contributed by atoms with E-state index in [0.29, 0.717) is 6.42 Å². The number of amides is 3. The summed E-state index contributed by atoms with van der Waals surface area (Å²) in [6.07, 6.45) is 1.80. The lowest BCUT2D eigenvalue weighted by Crippen LogP contribution is -2.46. The monoisotopic (exact) mass is 328 g/mol. The Morgan fingerprint density at radius 1 is 1.25 bits per heavy atom. The molecule has 1 heterocycles. The van der Waals surface area contributed by atoms with Gasteiger partial charge in [0.2, 0.25) is 11.8 Å². The van der Waals surface area contributed by atoms with Crippen LogP contribution in [-0.2, 0) is 20.9 Å². The van der Waals surface area contributed by atoms with Crippen LogP contribution in [0.5, 0.6) is 0 Å². The van der Waals surface area contributed by atoms with Crippen molar-refractivity contribution in [1.82, 2.24) is 10.2 Å². The Hall–Kier alpha value is -2.63. The number of likely N-dealkylation sites (tertiary alicyclic amines) is 1. The average molecular weight is 328 g/mol. The predicted molar refractivity (Wildman–Crippen MR) is 86.7 cm³/mol. The van der Waals surface area contributed by atoms with Crippen LogP contribution < -0.4 is 5.32 Å². The fraction of sp³-hybridized carbons (Fsp3) is 0.389. The van der Waals surface area contributed by atoms with Crippen molar-refractivity contribution in [2.45, 2.75) is 26.0 Å². The minimum atomic E-state index is -0.594. The lowest BCUT2D eigenvalue weighted by Gasteiger charge is -2.28. The fourth-order valence-electron chi connectivity index (χ4n) is 3.38. The molecule has 1 aliphatic heterocycles. The molecule has 126 valence electrons. The molecule has 1 aromatic carbocycles. The molecule has 3 amide bonds. The zero-order valence-electron chi connectivity index (χ0n) is 13.7. The van der Waals surface area contributed by atoms with Gasteiger partial charge in [-0.15, -0.1) is 0 Å². The quantitative estimate of drug-likeness (QED) is 0.679. The Morgan fingerprint density at radius 2 is 1.96 bits per heavy atom. The maximum absolute atomic E-state index is 12.3. The van der Waals surface area contributed by atoms with Crippen molar-refractivity contribution in [1.29, 1.82) is 0 Å². The van der Waals surface area contributed by atoms with Crippen LogP contribution in [-0.4, -0.2) is 35.9 Å². The molecule has 1 aromatic rings. The number of hydrogen-bond donors (Lipinski definition) is 1. The molecule has 1 aliphatic carbocycles. The van der Waals surface area contributed by atoms with Gasteiger partial charge >= 0.3 is 6.09 Å². The fourth-order valence-corrected chi connectivity index (χ4v) is 3.38. The van der Waals surface area contributed by atoms with E-state index in [2.05, 4.69) is 5.32 Å². The lowest BCUT2D eigenvalue weighted by molar-refractivity contribution is -0.138. The molecule has 0 bridgehead atoms. The van der Waals surface area contributed by atoms with Gasteiger partial charge in [-0.3, -0.25) is 14.5 Å². The van der Waals surface area contributed by atoms with Crippen molar-refractivity contribution in [2.75, 3.05) is 7.05 Å². The molecule has 6 heteroatoms. The molecule has 6 nitrogen and oxygen atoms in total. The van der Waals surface area contributed by atoms with Crippen molar-refractivity contribution in [3.8, 4) is 0 Å². The number of fused-ring (bicyclic) bond motifs is 1. The van der Waals surface area contributed by atoms with Crippen LogP contribution >= 0.6 is 0 Å². The van der Waals surface area contributed by atoms with Crippen LogP contribution in [0.2, 0.25) is 0 Å². The molecule has 24 heavy (non-hydrogen) atoms. The SMILES string of the molecule is CC1=C[C@H](NC(=O)OCc2ccccc2)[C@@H]2C(=O)N(C)C(=O)[C@@H]2C1. The third-order valence-electron chi connectivity index (χ3n) is 4.59. The van der Waals surface area contributed by atoms with Gasteiger partial charge in [0.1, 0.15) is 6.61 Å². The molecule has 0 radical (unpaired) electrons. The molecule has 0 spiro atoms. The highest BCUT2D eigenvalue weighted by Gasteiger charge is 2.51. The number of hydrogen-bond acceptors (Lipinski definition) is 4. The van der Waals surface area contributed by atoms with Gasteiger partial charge in [-0.25, -0.2) is 4.79 Å². The predicted octanol–water partition coefficient (Wildman–Crippen LogP) is 1.86. The van der Waals surface area contributed by atoms with E-state index in [-0.39, 0.29) is 18.4 Å². The van der Waals surface area contributed by atoms with Gasteiger partial charge in [0.05, 0.1) is 17.9 Å². The van der Waals surface area contributed by atoms with Gasteiger partial charge in [0.25, 0.3) is 0 Å².